The Morgan fingerprint density at radius 1 is 0.969 bits per heavy atom. The zero-order valence-corrected chi connectivity index (χ0v) is 17.7. The minimum Gasteiger partial charge on any atom is -0.368 e. The third kappa shape index (κ3) is 4.19. The van der Waals surface area contributed by atoms with E-state index in [0.717, 1.165) is 17.2 Å². The van der Waals surface area contributed by atoms with Crippen LogP contribution in [0.25, 0.3) is 0 Å². The van der Waals surface area contributed by atoms with Gasteiger partial charge < -0.3 is 10.6 Å². The van der Waals surface area contributed by atoms with Gasteiger partial charge in [0.15, 0.2) is 0 Å². The van der Waals surface area contributed by atoms with Crippen molar-refractivity contribution < 1.29 is 22.4 Å². The van der Waals surface area contributed by atoms with Gasteiger partial charge in [0.05, 0.1) is 10.6 Å². The number of primary amides is 1. The van der Waals surface area contributed by atoms with Crippen LogP contribution < -0.4 is 10.5 Å². The molecule has 0 aromatic heterocycles. The molecule has 1 heterocycles. The molecule has 0 unspecified atom stereocenters. The lowest BCUT2D eigenvalue weighted by atomic mass is 9.93. The molecule has 3 aromatic carbocycles. The molecule has 3 aromatic rings. The number of sulfonamides is 1. The smallest absolute Gasteiger partial charge is 0.262 e. The summed E-state index contributed by atoms with van der Waals surface area (Å²) in [6, 6.07) is 17.3. The van der Waals surface area contributed by atoms with E-state index in [0.29, 0.717) is 0 Å². The second kappa shape index (κ2) is 8.43. The quantitative estimate of drug-likeness (QED) is 0.619. The maximum Gasteiger partial charge on any atom is 0.262 e. The first-order chi connectivity index (χ1) is 15.3. The number of rotatable bonds is 5. The van der Waals surface area contributed by atoms with Crippen LogP contribution in [0.1, 0.15) is 21.5 Å². The van der Waals surface area contributed by atoms with Gasteiger partial charge in [-0.1, -0.05) is 42.5 Å². The van der Waals surface area contributed by atoms with Crippen LogP contribution in [0.15, 0.2) is 77.7 Å². The van der Waals surface area contributed by atoms with Gasteiger partial charge in [-0.05, 0) is 41.5 Å². The van der Waals surface area contributed by atoms with E-state index in [2.05, 4.69) is 4.72 Å². The lowest BCUT2D eigenvalue weighted by Gasteiger charge is -2.35. The lowest BCUT2D eigenvalue weighted by molar-refractivity contribution is -0.122. The predicted octanol–water partition coefficient (Wildman–Crippen LogP) is 2.68. The Kier molecular flexibility index (Phi) is 5.67. The number of carbonyl (C=O) groups is 2. The fourth-order valence-electron chi connectivity index (χ4n) is 3.70. The highest BCUT2D eigenvalue weighted by molar-refractivity contribution is 7.92. The topological polar surface area (TPSA) is 110 Å². The number of nitrogens with one attached hydrogen (secondary N) is 1. The standard InChI is InChI=1S/C23H20FN3O4S/c24-19-10-3-4-11-20(19)26-32(30,31)18-9-5-8-16(12-18)23(29)27-14-17-7-2-1-6-15(17)13-21(27)22(25)28/h1-12,21,26H,13-14H2,(H2,25,28)/t21-/m0/s1. The molecule has 0 bridgehead atoms. The van der Waals surface area contributed by atoms with Crippen LogP contribution in [0, 0.1) is 5.82 Å². The first kappa shape index (κ1) is 21.5. The van der Waals surface area contributed by atoms with Crippen molar-refractivity contribution in [1.29, 1.82) is 0 Å². The summed E-state index contributed by atoms with van der Waals surface area (Å²) in [6.07, 6.45) is 0.282. The number of nitrogens with two attached hydrogens (primary N) is 1. The van der Waals surface area contributed by atoms with Gasteiger partial charge in [0, 0.05) is 18.5 Å². The molecule has 0 fully saturated rings. The highest BCUT2D eigenvalue weighted by Crippen LogP contribution is 2.26. The average molecular weight is 453 g/mol. The predicted molar refractivity (Wildman–Crippen MR) is 117 cm³/mol. The Bertz CT molecular complexity index is 1310. The van der Waals surface area contributed by atoms with Crippen molar-refractivity contribution in [2.45, 2.75) is 23.9 Å². The van der Waals surface area contributed by atoms with Crippen LogP contribution in [0.5, 0.6) is 0 Å². The fraction of sp³-hybridized carbons (Fsp3) is 0.130. The number of carbonyl (C=O) groups excluding carboxylic acids is 2. The van der Waals surface area contributed by atoms with Crippen molar-refractivity contribution in [3.63, 3.8) is 0 Å². The Labute approximate surface area is 184 Å². The summed E-state index contributed by atoms with van der Waals surface area (Å²) in [6.45, 7) is 0.174. The van der Waals surface area contributed by atoms with Crippen LogP contribution in [-0.2, 0) is 27.8 Å². The van der Waals surface area contributed by atoms with Gasteiger partial charge >= 0.3 is 0 Å². The van der Waals surface area contributed by atoms with Crippen LogP contribution in [0.2, 0.25) is 0 Å². The third-order valence-corrected chi connectivity index (χ3v) is 6.71. The first-order valence-corrected chi connectivity index (χ1v) is 11.3. The van der Waals surface area contributed by atoms with Crippen molar-refractivity contribution >= 4 is 27.5 Å². The molecule has 4 rings (SSSR count). The SMILES string of the molecule is NC(=O)[C@@H]1Cc2ccccc2CN1C(=O)c1cccc(S(=O)(=O)Nc2ccccc2F)c1. The summed E-state index contributed by atoms with van der Waals surface area (Å²) in [7, 11) is -4.15. The van der Waals surface area contributed by atoms with E-state index in [4.69, 9.17) is 5.73 Å². The van der Waals surface area contributed by atoms with Crippen LogP contribution in [0.4, 0.5) is 10.1 Å². The number of hydrogen-bond acceptors (Lipinski definition) is 4. The molecule has 1 aliphatic rings. The molecule has 2 amide bonds. The van der Waals surface area contributed by atoms with Crippen molar-refractivity contribution in [1.82, 2.24) is 4.90 Å². The summed E-state index contributed by atoms with van der Waals surface area (Å²) < 4.78 is 41.6. The molecule has 0 spiro atoms. The molecule has 0 aliphatic carbocycles. The highest BCUT2D eigenvalue weighted by Gasteiger charge is 2.34. The summed E-state index contributed by atoms with van der Waals surface area (Å²) in [5, 5.41) is 0. The van der Waals surface area contributed by atoms with Gasteiger partial charge in [0.25, 0.3) is 15.9 Å². The number of fused-ring (bicyclic) bond motifs is 1. The monoisotopic (exact) mass is 453 g/mol. The van der Waals surface area contributed by atoms with Gasteiger partial charge in [0.2, 0.25) is 5.91 Å². The van der Waals surface area contributed by atoms with Gasteiger partial charge in [0.1, 0.15) is 11.9 Å². The summed E-state index contributed by atoms with van der Waals surface area (Å²) in [5.74, 6) is -1.89. The highest BCUT2D eigenvalue weighted by atomic mass is 32.2. The fourth-order valence-corrected chi connectivity index (χ4v) is 4.81. The van der Waals surface area contributed by atoms with Gasteiger partial charge in [-0.3, -0.25) is 14.3 Å². The third-order valence-electron chi connectivity index (χ3n) is 5.35. The molecule has 0 saturated heterocycles. The largest absolute Gasteiger partial charge is 0.368 e. The van der Waals surface area contributed by atoms with E-state index >= 15 is 0 Å². The van der Waals surface area contributed by atoms with Crippen LogP contribution in [0.3, 0.4) is 0 Å². The Hall–Kier alpha value is -3.72. The Morgan fingerprint density at radius 2 is 1.66 bits per heavy atom. The minimum atomic E-state index is -4.15. The molecule has 164 valence electrons. The minimum absolute atomic E-state index is 0.0760. The van der Waals surface area contributed by atoms with E-state index in [1.165, 1.54) is 47.4 Å². The lowest BCUT2D eigenvalue weighted by Crippen LogP contribution is -2.51. The summed E-state index contributed by atoms with van der Waals surface area (Å²) >= 11 is 0. The molecular weight excluding hydrogens is 433 g/mol. The Balaban J connectivity index is 1.64. The average Bonchev–Trinajstić information content (AvgIpc) is 2.79. The van der Waals surface area contributed by atoms with Gasteiger partial charge in [-0.2, -0.15) is 0 Å². The normalized spacial score (nSPS) is 15.7. The van der Waals surface area contributed by atoms with E-state index in [1.54, 1.807) is 0 Å². The van der Waals surface area contributed by atoms with E-state index in [-0.39, 0.29) is 29.1 Å². The van der Waals surface area contributed by atoms with E-state index < -0.39 is 33.7 Å². The molecule has 1 atom stereocenters. The number of nitrogens with zero attached hydrogens (tertiary/aromatic N) is 1. The molecule has 1 aliphatic heterocycles. The van der Waals surface area contributed by atoms with Crippen LogP contribution in [-0.4, -0.2) is 31.2 Å². The number of hydrogen-bond donors (Lipinski definition) is 2. The van der Waals surface area contributed by atoms with Crippen LogP contribution >= 0.6 is 0 Å². The zero-order chi connectivity index (χ0) is 22.9. The summed E-state index contributed by atoms with van der Waals surface area (Å²) in [4.78, 5) is 26.5. The molecule has 0 saturated carbocycles. The zero-order valence-electron chi connectivity index (χ0n) is 16.9. The van der Waals surface area contributed by atoms with Crippen molar-refractivity contribution in [3.05, 3.63) is 95.3 Å². The van der Waals surface area contributed by atoms with E-state index in [1.807, 2.05) is 24.3 Å². The number of benzene rings is 3. The second-order valence-electron chi connectivity index (χ2n) is 7.44. The molecule has 0 radical (unpaired) electrons. The number of para-hydroxylation sites is 1. The van der Waals surface area contributed by atoms with Crippen molar-refractivity contribution in [2.75, 3.05) is 4.72 Å². The van der Waals surface area contributed by atoms with E-state index in [9.17, 15) is 22.4 Å². The maximum absolute atomic E-state index is 13.9. The Morgan fingerprint density at radius 3 is 2.38 bits per heavy atom. The molecule has 3 N–H and O–H groups in total. The number of amides is 2. The summed E-state index contributed by atoms with van der Waals surface area (Å²) in [5.41, 5.74) is 7.26. The maximum atomic E-state index is 13.9. The van der Waals surface area contributed by atoms with Crippen molar-refractivity contribution in [2.24, 2.45) is 5.73 Å². The molecule has 32 heavy (non-hydrogen) atoms. The van der Waals surface area contributed by atoms with Gasteiger partial charge in [-0.15, -0.1) is 0 Å². The molecule has 9 heteroatoms. The number of anilines is 1. The first-order valence-electron chi connectivity index (χ1n) is 9.81. The number of halogens is 1. The van der Waals surface area contributed by atoms with Crippen molar-refractivity contribution in [3.8, 4) is 0 Å². The molecule has 7 nitrogen and oxygen atoms in total. The molecular formula is C23H20FN3O4S. The second-order valence-corrected chi connectivity index (χ2v) is 9.12. The van der Waals surface area contributed by atoms with Gasteiger partial charge in [-0.25, -0.2) is 12.8 Å².